The fraction of sp³-hybridized carbons (Fsp3) is 0.316. The number of anilines is 1. The minimum Gasteiger partial charge on any atom is -0.358 e. The smallest absolute Gasteiger partial charge is 0.171 e. The number of quaternary nitrogens is 1. The van der Waals surface area contributed by atoms with E-state index in [1.54, 1.807) is 4.90 Å². The Morgan fingerprint density at radius 2 is 1.79 bits per heavy atom. The Kier molecular flexibility index (Phi) is 6.24. The van der Waals surface area contributed by atoms with E-state index in [1.165, 1.54) is 37.1 Å². The molecule has 1 heterocycles. The third kappa shape index (κ3) is 5.03. The zero-order chi connectivity index (χ0) is 16.8. The van der Waals surface area contributed by atoms with E-state index in [1.807, 2.05) is 24.3 Å². The van der Waals surface area contributed by atoms with Gasteiger partial charge in [0, 0.05) is 35.1 Å². The molecule has 3 nitrogen and oxygen atoms in total. The molecule has 2 aromatic carbocycles. The van der Waals surface area contributed by atoms with Crippen molar-refractivity contribution in [3.8, 4) is 0 Å². The highest BCUT2D eigenvalue weighted by atomic mass is 79.9. The number of hydrogen-bond acceptors (Lipinski definition) is 1. The van der Waals surface area contributed by atoms with Gasteiger partial charge >= 0.3 is 0 Å². The van der Waals surface area contributed by atoms with Gasteiger partial charge in [-0.25, -0.2) is 0 Å². The second-order valence-corrected chi connectivity index (χ2v) is 7.54. The highest BCUT2D eigenvalue weighted by Crippen LogP contribution is 2.15. The maximum Gasteiger partial charge on any atom is 0.171 e. The van der Waals surface area contributed by atoms with E-state index in [-0.39, 0.29) is 0 Å². The number of hydrogen-bond donors (Lipinski definition) is 3. The van der Waals surface area contributed by atoms with Gasteiger partial charge in [-0.1, -0.05) is 46.3 Å². The molecular formula is C19H23BrN3S+. The number of benzene rings is 2. The van der Waals surface area contributed by atoms with Crippen LogP contribution in [-0.4, -0.2) is 18.2 Å². The van der Waals surface area contributed by atoms with Crippen LogP contribution < -0.4 is 15.5 Å². The van der Waals surface area contributed by atoms with Crippen LogP contribution >= 0.6 is 28.1 Å². The van der Waals surface area contributed by atoms with Crippen LogP contribution in [0.5, 0.6) is 0 Å². The first-order valence-corrected chi connectivity index (χ1v) is 9.61. The van der Waals surface area contributed by atoms with Crippen LogP contribution in [0.3, 0.4) is 0 Å². The molecule has 24 heavy (non-hydrogen) atoms. The van der Waals surface area contributed by atoms with Crippen LogP contribution in [0.1, 0.15) is 24.0 Å². The fourth-order valence-corrected chi connectivity index (χ4v) is 3.73. The molecule has 3 rings (SSSR count). The van der Waals surface area contributed by atoms with E-state index in [2.05, 4.69) is 50.8 Å². The van der Waals surface area contributed by atoms with Gasteiger partial charge in [-0.05, 0) is 36.0 Å². The lowest BCUT2D eigenvalue weighted by atomic mass is 10.1. The maximum absolute atomic E-state index is 5.42. The van der Waals surface area contributed by atoms with Gasteiger partial charge in [0.1, 0.15) is 6.54 Å². The highest BCUT2D eigenvalue weighted by molar-refractivity contribution is 9.10. The summed E-state index contributed by atoms with van der Waals surface area (Å²) < 4.78 is 1.04. The van der Waals surface area contributed by atoms with Crippen molar-refractivity contribution < 1.29 is 4.90 Å². The molecule has 0 amide bonds. The molecule has 0 saturated carbocycles. The lowest BCUT2D eigenvalue weighted by Gasteiger charge is -2.16. The minimum atomic E-state index is 0.649. The number of nitrogens with one attached hydrogen (secondary N) is 3. The number of likely N-dealkylation sites (tertiary alicyclic amines) is 1. The SMILES string of the molecule is S=C(NCc1ccccc1C[NH+]1CCCC1)Nc1cccc(Br)c1. The zero-order valence-electron chi connectivity index (χ0n) is 13.6. The van der Waals surface area contributed by atoms with Crippen LogP contribution in [0, 0.1) is 0 Å². The molecule has 3 N–H and O–H groups in total. The Morgan fingerprint density at radius 1 is 1.04 bits per heavy atom. The summed E-state index contributed by atoms with van der Waals surface area (Å²) >= 11 is 8.90. The Labute approximate surface area is 157 Å². The predicted octanol–water partition coefficient (Wildman–Crippen LogP) is 3.11. The largest absolute Gasteiger partial charge is 0.358 e. The molecule has 0 bridgehead atoms. The normalized spacial score (nSPS) is 14.5. The summed E-state index contributed by atoms with van der Waals surface area (Å²) in [5.74, 6) is 0. The van der Waals surface area contributed by atoms with Crippen molar-refractivity contribution in [2.75, 3.05) is 18.4 Å². The van der Waals surface area contributed by atoms with Crippen molar-refractivity contribution in [1.29, 1.82) is 0 Å². The van der Waals surface area contributed by atoms with Crippen molar-refractivity contribution in [3.63, 3.8) is 0 Å². The molecular weight excluding hydrogens is 382 g/mol. The summed E-state index contributed by atoms with van der Waals surface area (Å²) in [6, 6.07) is 16.7. The van der Waals surface area contributed by atoms with E-state index in [9.17, 15) is 0 Å². The van der Waals surface area contributed by atoms with Gasteiger partial charge in [0.25, 0.3) is 0 Å². The zero-order valence-corrected chi connectivity index (χ0v) is 16.1. The molecule has 0 radical (unpaired) electrons. The fourth-order valence-electron chi connectivity index (χ4n) is 3.14. The standard InChI is InChI=1S/C19H22BrN3S/c20-17-8-5-9-18(12-17)22-19(24)21-13-15-6-1-2-7-16(15)14-23-10-3-4-11-23/h1-2,5-9,12H,3-4,10-11,13-14H2,(H2,21,22,24)/p+1. The second-order valence-electron chi connectivity index (χ2n) is 6.22. The summed E-state index contributed by atoms with van der Waals surface area (Å²) in [5.41, 5.74) is 3.74. The van der Waals surface area contributed by atoms with Crippen molar-refractivity contribution in [1.82, 2.24) is 5.32 Å². The third-order valence-corrected chi connectivity index (χ3v) is 5.13. The molecule has 0 atom stereocenters. The quantitative estimate of drug-likeness (QED) is 0.668. The molecule has 0 spiro atoms. The first kappa shape index (κ1) is 17.4. The van der Waals surface area contributed by atoms with Gasteiger partial charge in [-0.2, -0.15) is 0 Å². The summed E-state index contributed by atoms with van der Waals surface area (Å²) in [6.45, 7) is 4.46. The summed E-state index contributed by atoms with van der Waals surface area (Å²) in [5, 5.41) is 7.21. The maximum atomic E-state index is 5.42. The topological polar surface area (TPSA) is 28.5 Å². The van der Waals surface area contributed by atoms with Crippen LogP contribution in [0.2, 0.25) is 0 Å². The van der Waals surface area contributed by atoms with E-state index in [0.29, 0.717) is 5.11 Å². The molecule has 126 valence electrons. The molecule has 1 saturated heterocycles. The number of thiocarbonyl (C=S) groups is 1. The van der Waals surface area contributed by atoms with E-state index in [0.717, 1.165) is 23.2 Å². The lowest BCUT2D eigenvalue weighted by molar-refractivity contribution is -0.901. The Morgan fingerprint density at radius 3 is 2.54 bits per heavy atom. The van der Waals surface area contributed by atoms with Gasteiger partial charge in [-0.15, -0.1) is 0 Å². The van der Waals surface area contributed by atoms with Crippen molar-refractivity contribution >= 4 is 38.9 Å². The van der Waals surface area contributed by atoms with E-state index >= 15 is 0 Å². The van der Waals surface area contributed by atoms with Crippen LogP contribution in [0.15, 0.2) is 53.0 Å². The minimum absolute atomic E-state index is 0.649. The Hall–Kier alpha value is -1.43. The molecule has 1 fully saturated rings. The van der Waals surface area contributed by atoms with Crippen LogP contribution in [-0.2, 0) is 13.1 Å². The molecule has 0 aliphatic carbocycles. The lowest BCUT2D eigenvalue weighted by Crippen LogP contribution is -3.08. The molecule has 2 aromatic rings. The van der Waals surface area contributed by atoms with Crippen molar-refractivity contribution in [2.24, 2.45) is 0 Å². The summed E-state index contributed by atoms with van der Waals surface area (Å²) in [6.07, 6.45) is 2.72. The Balaban J connectivity index is 1.56. The summed E-state index contributed by atoms with van der Waals surface area (Å²) in [7, 11) is 0. The third-order valence-electron chi connectivity index (χ3n) is 4.39. The van der Waals surface area contributed by atoms with Crippen LogP contribution in [0.4, 0.5) is 5.69 Å². The molecule has 1 aliphatic heterocycles. The Bertz CT molecular complexity index is 699. The van der Waals surface area contributed by atoms with Gasteiger partial charge in [0.15, 0.2) is 5.11 Å². The number of halogens is 1. The molecule has 5 heteroatoms. The average molecular weight is 405 g/mol. The van der Waals surface area contributed by atoms with Gasteiger partial charge < -0.3 is 15.5 Å². The van der Waals surface area contributed by atoms with E-state index < -0.39 is 0 Å². The molecule has 1 aliphatic rings. The van der Waals surface area contributed by atoms with Gasteiger partial charge in [0.05, 0.1) is 13.1 Å². The van der Waals surface area contributed by atoms with Gasteiger partial charge in [0.2, 0.25) is 0 Å². The molecule has 0 unspecified atom stereocenters. The first-order valence-electron chi connectivity index (χ1n) is 8.41. The van der Waals surface area contributed by atoms with Crippen LogP contribution in [0.25, 0.3) is 0 Å². The summed E-state index contributed by atoms with van der Waals surface area (Å²) in [4.78, 5) is 1.69. The highest BCUT2D eigenvalue weighted by Gasteiger charge is 2.17. The van der Waals surface area contributed by atoms with Crippen molar-refractivity contribution in [3.05, 3.63) is 64.1 Å². The van der Waals surface area contributed by atoms with Gasteiger partial charge in [-0.3, -0.25) is 0 Å². The monoisotopic (exact) mass is 404 g/mol. The van der Waals surface area contributed by atoms with Crippen molar-refractivity contribution in [2.45, 2.75) is 25.9 Å². The van der Waals surface area contributed by atoms with E-state index in [4.69, 9.17) is 12.2 Å². The second kappa shape index (κ2) is 8.60. The number of rotatable bonds is 5. The molecule has 0 aromatic heterocycles. The predicted molar refractivity (Wildman–Crippen MR) is 107 cm³/mol. The first-order chi connectivity index (χ1) is 11.7. The average Bonchev–Trinajstić information content (AvgIpc) is 3.07.